The van der Waals surface area contributed by atoms with Crippen molar-refractivity contribution in [3.8, 4) is 0 Å². The average Bonchev–Trinajstić information content (AvgIpc) is 2.18. The van der Waals surface area contributed by atoms with Crippen LogP contribution in [0.1, 0.15) is 43.2 Å². The van der Waals surface area contributed by atoms with Gasteiger partial charge in [0, 0.05) is 0 Å². The van der Waals surface area contributed by atoms with Gasteiger partial charge in [-0.25, -0.2) is 0 Å². The Bertz CT molecular complexity index is 336. The van der Waals surface area contributed by atoms with Gasteiger partial charge in [-0.1, -0.05) is 29.8 Å². The monoisotopic (exact) mass is 186 g/mol. The van der Waals surface area contributed by atoms with Crippen molar-refractivity contribution in [1.82, 2.24) is 0 Å². The normalized spacial score (nSPS) is 20.2. The quantitative estimate of drug-likeness (QED) is 0.611. The summed E-state index contributed by atoms with van der Waals surface area (Å²) >= 11 is 0. The maximum atomic E-state index is 4.02. The highest BCUT2D eigenvalue weighted by Crippen LogP contribution is 2.35. The lowest BCUT2D eigenvalue weighted by atomic mass is 9.80. The predicted molar refractivity (Wildman–Crippen MR) is 61.6 cm³/mol. The zero-order valence-corrected chi connectivity index (χ0v) is 8.92. The number of benzene rings is 1. The molecule has 0 heteroatoms. The summed E-state index contributed by atoms with van der Waals surface area (Å²) in [7, 11) is 0. The number of hydrogen-bond acceptors (Lipinski definition) is 0. The highest BCUT2D eigenvalue weighted by Gasteiger charge is 2.18. The van der Waals surface area contributed by atoms with E-state index >= 15 is 0 Å². The van der Waals surface area contributed by atoms with Gasteiger partial charge in [0.2, 0.25) is 0 Å². The molecule has 2 rings (SSSR count). The van der Waals surface area contributed by atoms with Crippen LogP contribution in [0.4, 0.5) is 0 Å². The largest absolute Gasteiger partial charge is 0.100 e. The van der Waals surface area contributed by atoms with Crippen LogP contribution in [0.5, 0.6) is 0 Å². The Morgan fingerprint density at radius 1 is 1.43 bits per heavy atom. The van der Waals surface area contributed by atoms with Gasteiger partial charge < -0.3 is 0 Å². The van der Waals surface area contributed by atoms with Crippen LogP contribution >= 0.6 is 0 Å². The van der Waals surface area contributed by atoms with E-state index in [1.54, 1.807) is 11.1 Å². The molecule has 1 aliphatic carbocycles. The van der Waals surface area contributed by atoms with Crippen molar-refractivity contribution in [1.29, 1.82) is 0 Å². The van der Waals surface area contributed by atoms with Crippen LogP contribution in [-0.2, 0) is 6.42 Å². The fourth-order valence-corrected chi connectivity index (χ4v) is 2.49. The Morgan fingerprint density at radius 3 is 3.00 bits per heavy atom. The minimum absolute atomic E-state index is 0.734. The second-order valence-electron chi connectivity index (χ2n) is 4.45. The summed E-state index contributed by atoms with van der Waals surface area (Å²) in [5.74, 6) is 0.734. The van der Waals surface area contributed by atoms with Crippen molar-refractivity contribution in [2.24, 2.45) is 0 Å². The summed E-state index contributed by atoms with van der Waals surface area (Å²) < 4.78 is 0. The molecule has 1 aromatic rings. The molecule has 0 aromatic heterocycles. The third-order valence-electron chi connectivity index (χ3n) is 3.09. The molecule has 0 aliphatic heterocycles. The first kappa shape index (κ1) is 9.51. The Hall–Kier alpha value is -1.04. The van der Waals surface area contributed by atoms with Gasteiger partial charge in [-0.2, -0.15) is 0 Å². The fraction of sp³-hybridized carbons (Fsp3) is 0.429. The molecular formula is C14H18. The Kier molecular flexibility index (Phi) is 2.72. The van der Waals surface area contributed by atoms with E-state index in [0.29, 0.717) is 0 Å². The third kappa shape index (κ3) is 1.89. The maximum Gasteiger partial charge on any atom is -0.0122 e. The first-order valence-electron chi connectivity index (χ1n) is 5.49. The highest BCUT2D eigenvalue weighted by molar-refractivity contribution is 5.33. The van der Waals surface area contributed by atoms with E-state index in [0.717, 1.165) is 12.3 Å². The molecule has 1 unspecified atom stereocenters. The van der Waals surface area contributed by atoms with Crippen molar-refractivity contribution in [2.75, 3.05) is 0 Å². The first-order valence-corrected chi connectivity index (χ1v) is 5.49. The molecule has 0 bridgehead atoms. The summed E-state index contributed by atoms with van der Waals surface area (Å²) in [6.07, 6.45) is 5.11. The second kappa shape index (κ2) is 4.00. The molecule has 0 amide bonds. The van der Waals surface area contributed by atoms with E-state index in [-0.39, 0.29) is 0 Å². The predicted octanol–water partition coefficient (Wildman–Crippen LogP) is 4.07. The molecule has 0 nitrogen and oxygen atoms in total. The summed E-state index contributed by atoms with van der Waals surface area (Å²) in [6.45, 7) is 6.16. The molecule has 0 heterocycles. The number of allylic oxidation sites excluding steroid dienone is 1. The molecule has 0 fully saturated rings. The van der Waals surface area contributed by atoms with Gasteiger partial charge in [-0.15, -0.1) is 6.58 Å². The Labute approximate surface area is 86.7 Å². The van der Waals surface area contributed by atoms with Crippen molar-refractivity contribution in [3.05, 3.63) is 47.5 Å². The molecule has 1 atom stereocenters. The van der Waals surface area contributed by atoms with Crippen molar-refractivity contribution in [2.45, 2.75) is 38.5 Å². The van der Waals surface area contributed by atoms with Crippen LogP contribution in [0.3, 0.4) is 0 Å². The minimum atomic E-state index is 0.734. The molecule has 0 saturated carbocycles. The summed E-state index contributed by atoms with van der Waals surface area (Å²) in [5, 5.41) is 0. The molecule has 0 saturated heterocycles. The number of hydrogen-bond donors (Lipinski definition) is 0. The van der Waals surface area contributed by atoms with Gasteiger partial charge in [0.25, 0.3) is 0 Å². The smallest absolute Gasteiger partial charge is 0.0122 e. The SMILES string of the molecule is C=C(C)CC1CCCc2ccccc21. The minimum Gasteiger partial charge on any atom is -0.100 e. The van der Waals surface area contributed by atoms with Gasteiger partial charge in [-0.3, -0.25) is 0 Å². The summed E-state index contributed by atoms with van der Waals surface area (Å²) in [5.41, 5.74) is 4.44. The lowest BCUT2D eigenvalue weighted by Crippen LogP contribution is -2.09. The maximum absolute atomic E-state index is 4.02. The molecule has 74 valence electrons. The zero-order valence-electron chi connectivity index (χ0n) is 8.92. The number of aryl methyl sites for hydroxylation is 1. The van der Waals surface area contributed by atoms with Gasteiger partial charge in [0.1, 0.15) is 0 Å². The third-order valence-corrected chi connectivity index (χ3v) is 3.09. The summed E-state index contributed by atoms with van der Waals surface area (Å²) in [6, 6.07) is 8.89. The summed E-state index contributed by atoms with van der Waals surface area (Å²) in [4.78, 5) is 0. The molecule has 1 aromatic carbocycles. The number of rotatable bonds is 2. The van der Waals surface area contributed by atoms with Crippen molar-refractivity contribution >= 4 is 0 Å². The van der Waals surface area contributed by atoms with Crippen LogP contribution < -0.4 is 0 Å². The van der Waals surface area contributed by atoms with Crippen LogP contribution in [0, 0.1) is 0 Å². The molecule has 14 heavy (non-hydrogen) atoms. The van der Waals surface area contributed by atoms with E-state index < -0.39 is 0 Å². The topological polar surface area (TPSA) is 0 Å². The van der Waals surface area contributed by atoms with E-state index in [2.05, 4.69) is 37.8 Å². The highest BCUT2D eigenvalue weighted by atomic mass is 14.2. The lowest BCUT2D eigenvalue weighted by molar-refractivity contribution is 0.549. The van der Waals surface area contributed by atoms with Crippen LogP contribution in [0.25, 0.3) is 0 Å². The van der Waals surface area contributed by atoms with Gasteiger partial charge >= 0.3 is 0 Å². The molecule has 0 radical (unpaired) electrons. The van der Waals surface area contributed by atoms with Crippen molar-refractivity contribution < 1.29 is 0 Å². The fourth-order valence-electron chi connectivity index (χ4n) is 2.49. The van der Waals surface area contributed by atoms with E-state index in [1.165, 1.54) is 24.8 Å². The van der Waals surface area contributed by atoms with Crippen LogP contribution in [0.15, 0.2) is 36.4 Å². The van der Waals surface area contributed by atoms with E-state index in [9.17, 15) is 0 Å². The van der Waals surface area contributed by atoms with Crippen molar-refractivity contribution in [3.63, 3.8) is 0 Å². The standard InChI is InChI=1S/C14H18/c1-11(2)10-13-8-5-7-12-6-3-4-9-14(12)13/h3-4,6,9,13H,1,5,7-8,10H2,2H3. The zero-order chi connectivity index (χ0) is 9.97. The molecular weight excluding hydrogens is 168 g/mol. The molecule has 0 N–H and O–H groups in total. The Balaban J connectivity index is 2.26. The van der Waals surface area contributed by atoms with Gasteiger partial charge in [-0.05, 0) is 49.7 Å². The van der Waals surface area contributed by atoms with Gasteiger partial charge in [0.05, 0.1) is 0 Å². The first-order chi connectivity index (χ1) is 6.77. The Morgan fingerprint density at radius 2 is 2.21 bits per heavy atom. The van der Waals surface area contributed by atoms with E-state index in [4.69, 9.17) is 0 Å². The average molecular weight is 186 g/mol. The lowest BCUT2D eigenvalue weighted by Gasteiger charge is -2.25. The van der Waals surface area contributed by atoms with E-state index in [1.807, 2.05) is 0 Å². The second-order valence-corrected chi connectivity index (χ2v) is 4.45. The molecule has 0 spiro atoms. The number of fused-ring (bicyclic) bond motifs is 1. The van der Waals surface area contributed by atoms with Gasteiger partial charge in [0.15, 0.2) is 0 Å². The molecule has 1 aliphatic rings. The van der Waals surface area contributed by atoms with Crippen LogP contribution in [0.2, 0.25) is 0 Å². The van der Waals surface area contributed by atoms with Crippen LogP contribution in [-0.4, -0.2) is 0 Å².